The van der Waals surface area contributed by atoms with Crippen LogP contribution in [0.4, 0.5) is 5.69 Å². The van der Waals surface area contributed by atoms with Gasteiger partial charge in [0.1, 0.15) is 0 Å². The highest BCUT2D eigenvalue weighted by atomic mass is 36.0. The van der Waals surface area contributed by atoms with Crippen LogP contribution in [-0.2, 0) is 15.8 Å². The van der Waals surface area contributed by atoms with E-state index in [1.54, 1.807) is 0 Å². The maximum absolute atomic E-state index is 10.9. The molecule has 1 aliphatic heterocycles. The van der Waals surface area contributed by atoms with Gasteiger partial charge in [-0.1, -0.05) is 17.7 Å². The van der Waals surface area contributed by atoms with Crippen molar-refractivity contribution >= 4 is 50.5 Å². The first kappa shape index (κ1) is 13.9. The first-order valence-corrected chi connectivity index (χ1v) is 8.76. The van der Waals surface area contributed by atoms with E-state index in [1.165, 1.54) is 5.56 Å². The van der Waals surface area contributed by atoms with Crippen LogP contribution in [0.2, 0.25) is 0 Å². The highest BCUT2D eigenvalue weighted by molar-refractivity contribution is 8.24. The molecule has 0 saturated heterocycles. The second kappa shape index (κ2) is 5.42. The van der Waals surface area contributed by atoms with Crippen molar-refractivity contribution in [3.63, 3.8) is 0 Å². The lowest BCUT2D eigenvalue weighted by Gasteiger charge is -1.97. The molecule has 0 atom stereocenters. The third-order valence-electron chi connectivity index (χ3n) is 1.89. The van der Waals surface area contributed by atoms with Crippen LogP contribution in [0, 0.1) is 6.92 Å². The molecule has 0 radical (unpaired) electrons. The number of anilines is 1. The summed E-state index contributed by atoms with van der Waals surface area (Å²) in [6, 6.07) is 6.01. The van der Waals surface area contributed by atoms with E-state index < -0.39 is 5.20 Å². The molecule has 1 aromatic carbocycles. The maximum atomic E-state index is 10.9. The highest BCUT2D eigenvalue weighted by Crippen LogP contribution is 2.61. The van der Waals surface area contributed by atoms with Gasteiger partial charge in [0.15, 0.2) is 0 Å². The summed E-state index contributed by atoms with van der Waals surface area (Å²) < 4.78 is 9.51. The number of hydrogen-bond acceptors (Lipinski definition) is 2. The molecular formula is C9H9Cl3NO2P. The largest absolute Gasteiger partial charge is 0.339 e. The predicted molar refractivity (Wildman–Crippen MR) is 68.7 cm³/mol. The summed E-state index contributed by atoms with van der Waals surface area (Å²) in [6.07, 6.45) is 0.539. The number of amides is 1. The monoisotopic (exact) mass is 299 g/mol. The molecule has 1 heterocycles. The number of fused-ring (bicyclic) bond motifs is 1. The fourth-order valence-corrected chi connectivity index (χ4v) is 1.36. The Hall–Kier alpha value is -0.210. The van der Waals surface area contributed by atoms with E-state index in [0.717, 1.165) is 11.3 Å². The van der Waals surface area contributed by atoms with Gasteiger partial charge < -0.3 is 5.32 Å². The molecule has 0 bridgehead atoms. The Labute approximate surface area is 108 Å². The van der Waals surface area contributed by atoms with Gasteiger partial charge >= 0.3 is 5.20 Å². The van der Waals surface area contributed by atoms with E-state index in [-0.39, 0.29) is 5.91 Å². The molecule has 0 fully saturated rings. The van der Waals surface area contributed by atoms with Crippen molar-refractivity contribution < 1.29 is 9.36 Å². The van der Waals surface area contributed by atoms with Gasteiger partial charge in [-0.2, -0.15) is 0 Å². The second-order valence-electron chi connectivity index (χ2n) is 3.28. The highest BCUT2D eigenvalue weighted by Gasteiger charge is 2.16. The molecule has 1 amide bonds. The Kier molecular flexibility index (Phi) is 4.69. The first-order chi connectivity index (χ1) is 7.25. The Morgan fingerprint density at radius 3 is 2.44 bits per heavy atom. The quantitative estimate of drug-likeness (QED) is 0.726. The Morgan fingerprint density at radius 1 is 1.31 bits per heavy atom. The van der Waals surface area contributed by atoms with Crippen LogP contribution in [-0.4, -0.2) is 5.91 Å². The lowest BCUT2D eigenvalue weighted by Crippen LogP contribution is -2.03. The zero-order valence-corrected chi connectivity index (χ0v) is 11.5. The van der Waals surface area contributed by atoms with Crippen LogP contribution in [0.3, 0.4) is 0 Å². The molecule has 0 unspecified atom stereocenters. The SMILES string of the molecule is Cc1ccc2c(c1)CC(=O)N2.O=P(Cl)(Cl)Cl. The van der Waals surface area contributed by atoms with E-state index in [0.29, 0.717) is 6.42 Å². The predicted octanol–water partition coefficient (Wildman–Crippen LogP) is 4.30. The molecule has 1 N–H and O–H groups in total. The molecule has 7 heteroatoms. The van der Waals surface area contributed by atoms with Gasteiger partial charge in [-0.15, -0.1) is 0 Å². The third kappa shape index (κ3) is 5.22. The summed E-state index contributed by atoms with van der Waals surface area (Å²) >= 11 is 13.8. The topological polar surface area (TPSA) is 46.2 Å². The number of halogens is 3. The van der Waals surface area contributed by atoms with Crippen LogP contribution in [0.5, 0.6) is 0 Å². The van der Waals surface area contributed by atoms with Crippen molar-refractivity contribution in [1.29, 1.82) is 0 Å². The molecule has 1 aliphatic rings. The van der Waals surface area contributed by atoms with Crippen molar-refractivity contribution in [2.45, 2.75) is 13.3 Å². The summed E-state index contributed by atoms with van der Waals surface area (Å²) in [7, 11) is 0. The summed E-state index contributed by atoms with van der Waals surface area (Å²) in [5.74, 6) is 0.102. The number of aryl methyl sites for hydroxylation is 1. The van der Waals surface area contributed by atoms with Crippen LogP contribution >= 0.6 is 38.9 Å². The standard InChI is InChI=1S/C9H9NO.Cl3OP/c1-6-2-3-8-7(4-6)5-9(11)10-8;1-5(2,3)4/h2-4H,5H2,1H3,(H,10,11);. The molecule has 0 saturated carbocycles. The number of hydrogen-bond donors (Lipinski definition) is 1. The molecule has 0 aromatic heterocycles. The van der Waals surface area contributed by atoms with Crippen molar-refractivity contribution in [1.82, 2.24) is 0 Å². The third-order valence-corrected chi connectivity index (χ3v) is 1.89. The Bertz CT molecular complexity index is 450. The van der Waals surface area contributed by atoms with Gasteiger partial charge in [-0.25, -0.2) is 0 Å². The van der Waals surface area contributed by atoms with Crippen LogP contribution in [0.15, 0.2) is 18.2 Å². The number of nitrogens with one attached hydrogen (secondary N) is 1. The van der Waals surface area contributed by atoms with E-state index in [4.69, 9.17) is 0 Å². The van der Waals surface area contributed by atoms with Gasteiger partial charge in [-0.05, 0) is 52.3 Å². The maximum Gasteiger partial charge on any atom is 0.339 e. The van der Waals surface area contributed by atoms with Crippen LogP contribution < -0.4 is 5.32 Å². The van der Waals surface area contributed by atoms with Gasteiger partial charge in [0, 0.05) is 5.69 Å². The van der Waals surface area contributed by atoms with Crippen molar-refractivity contribution in [3.05, 3.63) is 29.3 Å². The Morgan fingerprint density at radius 2 is 1.88 bits per heavy atom. The molecule has 1 aromatic rings. The zero-order valence-electron chi connectivity index (χ0n) is 8.34. The first-order valence-electron chi connectivity index (χ1n) is 4.34. The summed E-state index contributed by atoms with van der Waals surface area (Å²) in [4.78, 5) is 10.9. The van der Waals surface area contributed by atoms with Crippen LogP contribution in [0.1, 0.15) is 11.1 Å². The minimum absolute atomic E-state index is 0.102. The minimum atomic E-state index is -3.22. The van der Waals surface area contributed by atoms with Crippen molar-refractivity contribution in [2.24, 2.45) is 0 Å². The molecular weight excluding hydrogens is 291 g/mol. The fourth-order valence-electron chi connectivity index (χ4n) is 1.36. The summed E-state index contributed by atoms with van der Waals surface area (Å²) in [5.41, 5.74) is 3.30. The van der Waals surface area contributed by atoms with E-state index in [1.807, 2.05) is 25.1 Å². The molecule has 3 nitrogen and oxygen atoms in total. The smallest absolute Gasteiger partial charge is 0.326 e. The number of rotatable bonds is 0. The zero-order chi connectivity index (χ0) is 12.3. The van der Waals surface area contributed by atoms with Gasteiger partial charge in [0.25, 0.3) is 0 Å². The lowest BCUT2D eigenvalue weighted by molar-refractivity contribution is -0.115. The molecule has 88 valence electrons. The van der Waals surface area contributed by atoms with Gasteiger partial charge in [0.05, 0.1) is 6.42 Å². The van der Waals surface area contributed by atoms with Crippen LogP contribution in [0.25, 0.3) is 0 Å². The van der Waals surface area contributed by atoms with E-state index >= 15 is 0 Å². The lowest BCUT2D eigenvalue weighted by atomic mass is 10.1. The molecule has 2 rings (SSSR count). The van der Waals surface area contributed by atoms with Crippen molar-refractivity contribution in [3.8, 4) is 0 Å². The average Bonchev–Trinajstić information content (AvgIpc) is 2.40. The fraction of sp³-hybridized carbons (Fsp3) is 0.222. The van der Waals surface area contributed by atoms with Gasteiger partial charge in [-0.3, -0.25) is 9.36 Å². The normalized spacial score (nSPS) is 13.6. The second-order valence-corrected chi connectivity index (χ2v) is 9.92. The average molecular weight is 301 g/mol. The Balaban J connectivity index is 0.000000221. The van der Waals surface area contributed by atoms with Gasteiger partial charge in [0.2, 0.25) is 5.91 Å². The number of carbonyl (C=O) groups excluding carboxylic acids is 1. The van der Waals surface area contributed by atoms with E-state index in [2.05, 4.69) is 39.0 Å². The van der Waals surface area contributed by atoms with E-state index in [9.17, 15) is 9.36 Å². The summed E-state index contributed by atoms with van der Waals surface area (Å²) in [5, 5.41) is -0.437. The van der Waals surface area contributed by atoms with Crippen molar-refractivity contribution in [2.75, 3.05) is 5.32 Å². The number of carbonyl (C=O) groups is 1. The minimum Gasteiger partial charge on any atom is -0.326 e. The molecule has 16 heavy (non-hydrogen) atoms. The molecule has 0 aliphatic carbocycles. The number of benzene rings is 1. The molecule has 0 spiro atoms. The summed E-state index contributed by atoms with van der Waals surface area (Å²) in [6.45, 7) is 2.03.